The smallest absolute Gasteiger partial charge is 0.130 e. The molecule has 0 radical (unpaired) electrons. The van der Waals surface area contributed by atoms with Crippen molar-refractivity contribution in [3.05, 3.63) is 84.0 Å². The van der Waals surface area contributed by atoms with Crippen LogP contribution in [0.4, 0.5) is 4.39 Å². The third kappa shape index (κ3) is 4.24. The summed E-state index contributed by atoms with van der Waals surface area (Å²) in [6, 6.07) is 12.9. The molecule has 1 aliphatic heterocycles. The molecule has 0 saturated heterocycles. The summed E-state index contributed by atoms with van der Waals surface area (Å²) in [4.78, 5) is 6.58. The van der Waals surface area contributed by atoms with Crippen molar-refractivity contribution in [1.82, 2.24) is 9.88 Å². The van der Waals surface area contributed by atoms with E-state index in [0.29, 0.717) is 12.2 Å². The second-order valence-corrected chi connectivity index (χ2v) is 7.01. The van der Waals surface area contributed by atoms with E-state index in [1.165, 1.54) is 6.07 Å². The van der Waals surface area contributed by atoms with Crippen molar-refractivity contribution >= 4 is 16.5 Å². The Morgan fingerprint density at radius 3 is 2.86 bits per heavy atom. The van der Waals surface area contributed by atoms with Crippen molar-refractivity contribution in [3.8, 4) is 11.5 Å². The van der Waals surface area contributed by atoms with E-state index in [1.54, 1.807) is 20.2 Å². The van der Waals surface area contributed by atoms with Gasteiger partial charge in [0.05, 0.1) is 19.2 Å². The van der Waals surface area contributed by atoms with Gasteiger partial charge in [-0.25, -0.2) is 4.39 Å². The van der Waals surface area contributed by atoms with Gasteiger partial charge < -0.3 is 14.4 Å². The van der Waals surface area contributed by atoms with Crippen LogP contribution in [-0.4, -0.2) is 36.7 Å². The van der Waals surface area contributed by atoms with Gasteiger partial charge in [-0.05, 0) is 66.2 Å². The minimum atomic E-state index is -0.173. The molecule has 1 aromatic heterocycles. The van der Waals surface area contributed by atoms with Crippen LogP contribution in [0.2, 0.25) is 0 Å². The summed E-state index contributed by atoms with van der Waals surface area (Å²) in [5.74, 6) is 1.41. The Balaban J connectivity index is 1.39. The third-order valence-corrected chi connectivity index (χ3v) is 5.04. The number of hydrogen-bond donors (Lipinski definition) is 0. The number of nitrogens with zero attached hydrogens (tertiary/aromatic N) is 2. The highest BCUT2D eigenvalue weighted by Gasteiger charge is 2.12. The molecular formula is C24H23FN2O2. The van der Waals surface area contributed by atoms with E-state index in [9.17, 15) is 4.39 Å². The van der Waals surface area contributed by atoms with Gasteiger partial charge in [0, 0.05) is 24.2 Å². The molecule has 4 rings (SSSR count). The number of halogens is 1. The van der Waals surface area contributed by atoms with Crippen molar-refractivity contribution in [3.63, 3.8) is 0 Å². The molecule has 0 aliphatic carbocycles. The fourth-order valence-corrected chi connectivity index (χ4v) is 3.42. The Morgan fingerprint density at radius 2 is 2.03 bits per heavy atom. The minimum Gasteiger partial charge on any atom is -0.497 e. The number of benzene rings is 2. The number of fused-ring (bicyclic) bond motifs is 1. The van der Waals surface area contributed by atoms with E-state index in [2.05, 4.69) is 22.2 Å². The highest BCUT2D eigenvalue weighted by molar-refractivity contribution is 5.85. The molecule has 0 saturated carbocycles. The second-order valence-electron chi connectivity index (χ2n) is 7.01. The molecule has 0 spiro atoms. The minimum absolute atomic E-state index is 0.173. The van der Waals surface area contributed by atoms with Crippen LogP contribution in [0.1, 0.15) is 11.1 Å². The SMILES string of the molecule is COc1ccc2c(OCCN3C=CC=C(c4ccc(F)c(C)c4)C3)ccnc2c1. The molecule has 0 N–H and O–H groups in total. The molecule has 0 fully saturated rings. The van der Waals surface area contributed by atoms with Crippen LogP contribution >= 0.6 is 0 Å². The Kier molecular flexibility index (Phi) is 5.47. The van der Waals surface area contributed by atoms with Gasteiger partial charge in [0.25, 0.3) is 0 Å². The van der Waals surface area contributed by atoms with E-state index >= 15 is 0 Å². The number of pyridine rings is 1. The van der Waals surface area contributed by atoms with Gasteiger partial charge in [-0.3, -0.25) is 4.98 Å². The molecular weight excluding hydrogens is 367 g/mol. The van der Waals surface area contributed by atoms with Crippen LogP contribution in [0.3, 0.4) is 0 Å². The molecule has 3 aromatic rings. The van der Waals surface area contributed by atoms with Gasteiger partial charge in [0.15, 0.2) is 0 Å². The average Bonchev–Trinajstić information content (AvgIpc) is 2.75. The standard InChI is InChI=1S/C24H23FN2O2/c1-17-14-18(5-8-22(17)25)19-4-3-11-27(16-19)12-13-29-24-9-10-26-23-15-20(28-2)6-7-21(23)24/h3-11,14-15H,12-13,16H2,1-2H3. The van der Waals surface area contributed by atoms with Gasteiger partial charge >= 0.3 is 0 Å². The lowest BCUT2D eigenvalue weighted by Crippen LogP contribution is -2.26. The summed E-state index contributed by atoms with van der Waals surface area (Å²) in [6.07, 6.45) is 7.90. The summed E-state index contributed by atoms with van der Waals surface area (Å²) >= 11 is 0. The van der Waals surface area contributed by atoms with Crippen molar-refractivity contribution in [2.75, 3.05) is 26.8 Å². The molecule has 4 nitrogen and oxygen atoms in total. The second kappa shape index (κ2) is 8.35. The third-order valence-electron chi connectivity index (χ3n) is 5.04. The van der Waals surface area contributed by atoms with Crippen LogP contribution in [0, 0.1) is 12.7 Å². The summed E-state index contributed by atoms with van der Waals surface area (Å²) in [7, 11) is 1.64. The monoisotopic (exact) mass is 390 g/mol. The van der Waals surface area contributed by atoms with Crippen molar-refractivity contribution in [1.29, 1.82) is 0 Å². The Bertz CT molecular complexity index is 1090. The maximum atomic E-state index is 13.6. The first-order valence-electron chi connectivity index (χ1n) is 9.57. The van der Waals surface area contributed by atoms with Crippen molar-refractivity contribution < 1.29 is 13.9 Å². The predicted molar refractivity (Wildman–Crippen MR) is 114 cm³/mol. The Morgan fingerprint density at radius 1 is 1.14 bits per heavy atom. The highest BCUT2D eigenvalue weighted by Crippen LogP contribution is 2.27. The lowest BCUT2D eigenvalue weighted by Gasteiger charge is -2.25. The Hall–Kier alpha value is -3.34. The van der Waals surface area contributed by atoms with Gasteiger partial charge in [0.2, 0.25) is 0 Å². The molecule has 0 atom stereocenters. The van der Waals surface area contributed by atoms with Gasteiger partial charge in [-0.2, -0.15) is 0 Å². The number of ether oxygens (including phenoxy) is 2. The zero-order valence-electron chi connectivity index (χ0n) is 16.6. The number of methoxy groups -OCH3 is 1. The summed E-state index contributed by atoms with van der Waals surface area (Å²) in [5.41, 5.74) is 3.72. The van der Waals surface area contributed by atoms with Crippen molar-refractivity contribution in [2.45, 2.75) is 6.92 Å². The summed E-state index contributed by atoms with van der Waals surface area (Å²) < 4.78 is 24.9. The molecule has 5 heteroatoms. The van der Waals surface area contributed by atoms with Gasteiger partial charge in [-0.15, -0.1) is 0 Å². The molecule has 1 aliphatic rings. The first-order chi connectivity index (χ1) is 14.1. The highest BCUT2D eigenvalue weighted by atomic mass is 19.1. The van der Waals surface area contributed by atoms with Crippen LogP contribution in [-0.2, 0) is 0 Å². The Labute approximate surface area is 169 Å². The largest absolute Gasteiger partial charge is 0.497 e. The first-order valence-corrected chi connectivity index (χ1v) is 9.57. The van der Waals surface area contributed by atoms with Crippen LogP contribution in [0.15, 0.2) is 67.0 Å². The number of aromatic nitrogens is 1. The van der Waals surface area contributed by atoms with E-state index in [1.807, 2.05) is 42.5 Å². The fourth-order valence-electron chi connectivity index (χ4n) is 3.42. The zero-order valence-corrected chi connectivity index (χ0v) is 16.6. The molecule has 148 valence electrons. The van der Waals surface area contributed by atoms with E-state index in [4.69, 9.17) is 9.47 Å². The number of rotatable bonds is 6. The zero-order chi connectivity index (χ0) is 20.2. The van der Waals surface area contributed by atoms with E-state index in [-0.39, 0.29) is 5.82 Å². The summed E-state index contributed by atoms with van der Waals surface area (Å²) in [6.45, 7) is 3.84. The van der Waals surface area contributed by atoms with Gasteiger partial charge in [0.1, 0.15) is 23.9 Å². The number of aryl methyl sites for hydroxylation is 1. The molecule has 29 heavy (non-hydrogen) atoms. The fraction of sp³-hybridized carbons (Fsp3) is 0.208. The predicted octanol–water partition coefficient (Wildman–Crippen LogP) is 4.98. The molecule has 0 bridgehead atoms. The molecule has 2 heterocycles. The number of allylic oxidation sites excluding steroid dienone is 2. The van der Waals surface area contributed by atoms with Gasteiger partial charge in [-0.1, -0.05) is 12.1 Å². The number of hydrogen-bond acceptors (Lipinski definition) is 4. The molecule has 0 unspecified atom stereocenters. The maximum absolute atomic E-state index is 13.6. The van der Waals surface area contributed by atoms with Crippen LogP contribution < -0.4 is 9.47 Å². The lowest BCUT2D eigenvalue weighted by atomic mass is 10.0. The van der Waals surface area contributed by atoms with E-state index < -0.39 is 0 Å². The average molecular weight is 390 g/mol. The molecule has 0 amide bonds. The summed E-state index contributed by atoms with van der Waals surface area (Å²) in [5, 5.41) is 0.963. The topological polar surface area (TPSA) is 34.6 Å². The van der Waals surface area contributed by atoms with E-state index in [0.717, 1.165) is 46.6 Å². The van der Waals surface area contributed by atoms with Crippen LogP contribution in [0.25, 0.3) is 16.5 Å². The normalized spacial score (nSPS) is 13.5. The maximum Gasteiger partial charge on any atom is 0.130 e. The lowest BCUT2D eigenvalue weighted by molar-refractivity contribution is 0.267. The quantitative estimate of drug-likeness (QED) is 0.594. The first kappa shape index (κ1) is 19.0. The van der Waals surface area contributed by atoms with Crippen LogP contribution in [0.5, 0.6) is 11.5 Å². The molecule has 2 aromatic carbocycles. The van der Waals surface area contributed by atoms with Crippen molar-refractivity contribution in [2.24, 2.45) is 0 Å².